The summed E-state index contributed by atoms with van der Waals surface area (Å²) in [6, 6.07) is 17.8. The quantitative estimate of drug-likeness (QED) is 0.318. The first-order valence-corrected chi connectivity index (χ1v) is 11.1. The molecule has 0 saturated carbocycles. The van der Waals surface area contributed by atoms with E-state index in [4.69, 9.17) is 4.74 Å². The highest BCUT2D eigenvalue weighted by atomic mass is 79.9. The monoisotopic (exact) mass is 504 g/mol. The normalized spacial score (nSPS) is 10.6. The van der Waals surface area contributed by atoms with Crippen LogP contribution in [-0.4, -0.2) is 28.5 Å². The topological polar surface area (TPSA) is 93.2 Å². The van der Waals surface area contributed by atoms with E-state index in [1.807, 2.05) is 43.3 Å². The molecule has 2 N–H and O–H groups in total. The largest absolute Gasteiger partial charge is 0.462 e. The molecule has 0 unspecified atom stereocenters. The Balaban J connectivity index is 1.50. The number of amides is 1. The van der Waals surface area contributed by atoms with E-state index in [1.165, 1.54) is 0 Å². The summed E-state index contributed by atoms with van der Waals surface area (Å²) >= 11 is 3.46. The lowest BCUT2D eigenvalue weighted by Gasteiger charge is -2.12. The van der Waals surface area contributed by atoms with Gasteiger partial charge in [0.15, 0.2) is 0 Å². The van der Waals surface area contributed by atoms with Gasteiger partial charge >= 0.3 is 5.97 Å². The second kappa shape index (κ2) is 9.79. The van der Waals surface area contributed by atoms with Crippen LogP contribution >= 0.6 is 15.9 Å². The number of rotatable bonds is 6. The van der Waals surface area contributed by atoms with E-state index in [-0.39, 0.29) is 5.91 Å². The molecular formula is C25H21BrN4O3. The number of aryl methyl sites for hydroxylation is 1. The minimum Gasteiger partial charge on any atom is -0.462 e. The molecule has 166 valence electrons. The zero-order valence-electron chi connectivity index (χ0n) is 18.1. The molecule has 0 aliphatic rings. The van der Waals surface area contributed by atoms with Crippen LogP contribution in [0.4, 0.5) is 17.3 Å². The average Bonchev–Trinajstić information content (AvgIpc) is 2.81. The van der Waals surface area contributed by atoms with Crippen molar-refractivity contribution in [2.45, 2.75) is 13.8 Å². The number of anilines is 3. The van der Waals surface area contributed by atoms with E-state index < -0.39 is 5.97 Å². The highest BCUT2D eigenvalue weighted by Crippen LogP contribution is 2.24. The van der Waals surface area contributed by atoms with Crippen molar-refractivity contribution >= 4 is 56.0 Å². The molecule has 0 aliphatic carbocycles. The number of ether oxygens (including phenoxy) is 1. The summed E-state index contributed by atoms with van der Waals surface area (Å²) in [6.07, 6.45) is 1.76. The summed E-state index contributed by atoms with van der Waals surface area (Å²) < 4.78 is 5.91. The second-order valence-corrected chi connectivity index (χ2v) is 8.22. The predicted molar refractivity (Wildman–Crippen MR) is 132 cm³/mol. The number of hydrogen-bond acceptors (Lipinski definition) is 6. The standard InChI is InChI=1S/C25H21BrN4O3/c1-3-33-24(32)17-7-5-16(6-8-17)23(31)29-21-13-20(11-4-15(21)2)28-25-27-14-18-9-10-19(26)12-22(18)30-25/h4-14H,3H2,1-2H3,(H,29,31)(H,27,28,30). The molecule has 1 aromatic heterocycles. The fourth-order valence-corrected chi connectivity index (χ4v) is 3.54. The molecule has 0 bridgehead atoms. The molecule has 0 atom stereocenters. The van der Waals surface area contributed by atoms with Crippen LogP contribution in [0.15, 0.2) is 71.3 Å². The van der Waals surface area contributed by atoms with Crippen LogP contribution in [0.1, 0.15) is 33.2 Å². The van der Waals surface area contributed by atoms with Crippen LogP contribution in [0.5, 0.6) is 0 Å². The third kappa shape index (κ3) is 5.35. The molecule has 4 aromatic rings. The van der Waals surface area contributed by atoms with Gasteiger partial charge in [0, 0.05) is 33.0 Å². The van der Waals surface area contributed by atoms with Gasteiger partial charge in [-0.15, -0.1) is 0 Å². The Morgan fingerprint density at radius 1 is 1.00 bits per heavy atom. The highest BCUT2D eigenvalue weighted by molar-refractivity contribution is 9.10. The van der Waals surface area contributed by atoms with Gasteiger partial charge in [0.1, 0.15) is 0 Å². The number of esters is 1. The van der Waals surface area contributed by atoms with Crippen LogP contribution < -0.4 is 10.6 Å². The Kier molecular flexibility index (Phi) is 6.65. The number of nitrogens with one attached hydrogen (secondary N) is 2. The van der Waals surface area contributed by atoms with Gasteiger partial charge in [-0.25, -0.2) is 14.8 Å². The maximum Gasteiger partial charge on any atom is 0.338 e. The molecule has 0 fully saturated rings. The molecule has 1 amide bonds. The first kappa shape index (κ1) is 22.4. The van der Waals surface area contributed by atoms with Gasteiger partial charge in [-0.3, -0.25) is 4.79 Å². The van der Waals surface area contributed by atoms with Gasteiger partial charge < -0.3 is 15.4 Å². The lowest BCUT2D eigenvalue weighted by Crippen LogP contribution is -2.13. The van der Waals surface area contributed by atoms with Crippen molar-refractivity contribution in [2.75, 3.05) is 17.2 Å². The van der Waals surface area contributed by atoms with E-state index in [1.54, 1.807) is 37.4 Å². The average molecular weight is 505 g/mol. The van der Waals surface area contributed by atoms with Crippen molar-refractivity contribution in [2.24, 2.45) is 0 Å². The van der Waals surface area contributed by atoms with Gasteiger partial charge in [-0.05, 0) is 67.9 Å². The zero-order valence-corrected chi connectivity index (χ0v) is 19.6. The van der Waals surface area contributed by atoms with Gasteiger partial charge in [0.2, 0.25) is 5.95 Å². The lowest BCUT2D eigenvalue weighted by atomic mass is 10.1. The van der Waals surface area contributed by atoms with E-state index in [0.717, 1.165) is 26.6 Å². The Labute approximate surface area is 199 Å². The number of hydrogen-bond donors (Lipinski definition) is 2. The van der Waals surface area contributed by atoms with Crippen LogP contribution in [0.25, 0.3) is 10.9 Å². The number of carbonyl (C=O) groups is 2. The first-order valence-electron chi connectivity index (χ1n) is 10.3. The van der Waals surface area contributed by atoms with Gasteiger partial charge in [0.05, 0.1) is 17.7 Å². The Hall–Kier alpha value is -3.78. The number of carbonyl (C=O) groups excluding carboxylic acids is 2. The zero-order chi connectivity index (χ0) is 23.4. The van der Waals surface area contributed by atoms with Crippen LogP contribution in [-0.2, 0) is 4.74 Å². The minimum atomic E-state index is -0.414. The van der Waals surface area contributed by atoms with Crippen molar-refractivity contribution in [1.29, 1.82) is 0 Å². The van der Waals surface area contributed by atoms with Crippen molar-refractivity contribution in [3.63, 3.8) is 0 Å². The SMILES string of the molecule is CCOC(=O)c1ccc(C(=O)Nc2cc(Nc3ncc4ccc(Br)cc4n3)ccc2C)cc1. The summed E-state index contributed by atoms with van der Waals surface area (Å²) in [7, 11) is 0. The number of benzene rings is 3. The van der Waals surface area contributed by atoms with Crippen molar-refractivity contribution in [3.8, 4) is 0 Å². The van der Waals surface area contributed by atoms with Gasteiger partial charge in [-0.1, -0.05) is 28.1 Å². The van der Waals surface area contributed by atoms with Gasteiger partial charge in [0.25, 0.3) is 5.91 Å². The number of aromatic nitrogens is 2. The molecule has 4 rings (SSSR count). The predicted octanol–water partition coefficient (Wildman–Crippen LogP) is 5.87. The summed E-state index contributed by atoms with van der Waals surface area (Å²) in [5, 5.41) is 7.05. The third-order valence-electron chi connectivity index (χ3n) is 4.94. The first-order chi connectivity index (χ1) is 15.9. The maximum absolute atomic E-state index is 12.7. The van der Waals surface area contributed by atoms with Gasteiger partial charge in [-0.2, -0.15) is 0 Å². The van der Waals surface area contributed by atoms with Crippen LogP contribution in [0.3, 0.4) is 0 Å². The molecule has 0 radical (unpaired) electrons. The van der Waals surface area contributed by atoms with Crippen molar-refractivity contribution in [3.05, 3.63) is 88.0 Å². The molecule has 0 aliphatic heterocycles. The molecule has 7 nitrogen and oxygen atoms in total. The molecule has 3 aromatic carbocycles. The lowest BCUT2D eigenvalue weighted by molar-refractivity contribution is 0.0526. The summed E-state index contributed by atoms with van der Waals surface area (Å²) in [5.41, 5.74) is 3.95. The highest BCUT2D eigenvalue weighted by Gasteiger charge is 2.12. The molecule has 0 saturated heterocycles. The maximum atomic E-state index is 12.7. The van der Waals surface area contributed by atoms with Crippen molar-refractivity contribution < 1.29 is 14.3 Å². The third-order valence-corrected chi connectivity index (χ3v) is 5.44. The molecule has 0 spiro atoms. The number of halogens is 1. The minimum absolute atomic E-state index is 0.280. The van der Waals surface area contributed by atoms with Crippen LogP contribution in [0, 0.1) is 6.92 Å². The fourth-order valence-electron chi connectivity index (χ4n) is 3.19. The van der Waals surface area contributed by atoms with Crippen molar-refractivity contribution in [1.82, 2.24) is 9.97 Å². The Morgan fingerprint density at radius 3 is 2.52 bits per heavy atom. The molecular weight excluding hydrogens is 484 g/mol. The Morgan fingerprint density at radius 2 is 1.76 bits per heavy atom. The molecule has 33 heavy (non-hydrogen) atoms. The van der Waals surface area contributed by atoms with E-state index in [0.29, 0.717) is 29.4 Å². The smallest absolute Gasteiger partial charge is 0.338 e. The van der Waals surface area contributed by atoms with E-state index >= 15 is 0 Å². The van der Waals surface area contributed by atoms with E-state index in [2.05, 4.69) is 36.5 Å². The van der Waals surface area contributed by atoms with Crippen LogP contribution in [0.2, 0.25) is 0 Å². The summed E-state index contributed by atoms with van der Waals surface area (Å²) in [6.45, 7) is 3.95. The molecule has 8 heteroatoms. The fraction of sp³-hybridized carbons (Fsp3) is 0.120. The molecule has 1 heterocycles. The second-order valence-electron chi connectivity index (χ2n) is 7.30. The summed E-state index contributed by atoms with van der Waals surface area (Å²) in [4.78, 5) is 33.5. The Bertz CT molecular complexity index is 1340. The number of fused-ring (bicyclic) bond motifs is 1. The number of nitrogens with zero attached hydrogens (tertiary/aromatic N) is 2. The van der Waals surface area contributed by atoms with E-state index in [9.17, 15) is 9.59 Å². The summed E-state index contributed by atoms with van der Waals surface area (Å²) in [5.74, 6) is -0.240.